The fraction of sp³-hybridized carbons (Fsp3) is 0.0476. The molecule has 0 spiro atoms. The number of nitrogens with one attached hydrogen (secondary N) is 1. The fourth-order valence-electron chi connectivity index (χ4n) is 3.67. The van der Waals surface area contributed by atoms with E-state index in [1.165, 1.54) is 12.1 Å². The van der Waals surface area contributed by atoms with Gasteiger partial charge in [-0.3, -0.25) is 0 Å². The predicted octanol–water partition coefficient (Wildman–Crippen LogP) is 6.28. The first-order valence-corrected chi connectivity index (χ1v) is 8.21. The van der Waals surface area contributed by atoms with Crippen LogP contribution in [0.4, 0.5) is 13.2 Å². The van der Waals surface area contributed by atoms with Crippen molar-refractivity contribution in [2.45, 2.75) is 6.18 Å². The monoisotopic (exact) mass is 350 g/mol. The van der Waals surface area contributed by atoms with Crippen molar-refractivity contribution in [3.8, 4) is 5.69 Å². The second-order valence-corrected chi connectivity index (χ2v) is 6.29. The van der Waals surface area contributed by atoms with E-state index in [1.807, 2.05) is 42.5 Å². The minimum atomic E-state index is -4.40. The first kappa shape index (κ1) is 15.1. The summed E-state index contributed by atoms with van der Waals surface area (Å²) in [6.45, 7) is 0. The molecule has 2 nitrogen and oxygen atoms in total. The van der Waals surface area contributed by atoms with Gasteiger partial charge in [0.1, 0.15) is 0 Å². The summed E-state index contributed by atoms with van der Waals surface area (Å²) in [6, 6.07) is 19.3. The van der Waals surface area contributed by atoms with Crippen LogP contribution in [0.5, 0.6) is 0 Å². The summed E-state index contributed by atoms with van der Waals surface area (Å²) in [6.07, 6.45) is -2.71. The van der Waals surface area contributed by atoms with Crippen molar-refractivity contribution in [3.63, 3.8) is 0 Å². The van der Waals surface area contributed by atoms with Gasteiger partial charge >= 0.3 is 6.18 Å². The molecule has 5 rings (SSSR count). The molecule has 0 unspecified atom stereocenters. The number of rotatable bonds is 1. The van der Waals surface area contributed by atoms with E-state index >= 15 is 0 Å². The highest BCUT2D eigenvalue weighted by Gasteiger charge is 2.33. The van der Waals surface area contributed by atoms with Crippen LogP contribution in [0.15, 0.2) is 72.9 Å². The number of hydrogen-bond donors (Lipinski definition) is 1. The van der Waals surface area contributed by atoms with Gasteiger partial charge < -0.3 is 9.55 Å². The first-order valence-electron chi connectivity index (χ1n) is 8.21. The summed E-state index contributed by atoms with van der Waals surface area (Å²) in [7, 11) is 0. The average molecular weight is 350 g/mol. The molecular formula is C21H13F3N2. The van der Waals surface area contributed by atoms with Crippen molar-refractivity contribution < 1.29 is 13.2 Å². The zero-order chi connectivity index (χ0) is 17.9. The minimum absolute atomic E-state index is 0.130. The lowest BCUT2D eigenvalue weighted by molar-refractivity contribution is -0.137. The Balaban J connectivity index is 1.83. The Bertz CT molecular complexity index is 1280. The van der Waals surface area contributed by atoms with Crippen LogP contribution in [0.3, 0.4) is 0 Å². The highest BCUT2D eigenvalue weighted by Crippen LogP contribution is 2.37. The van der Waals surface area contributed by atoms with Crippen LogP contribution in [-0.4, -0.2) is 9.55 Å². The smallest absolute Gasteiger partial charge is 0.354 e. The maximum absolute atomic E-state index is 13.4. The third kappa shape index (κ3) is 2.07. The summed E-state index contributed by atoms with van der Waals surface area (Å²) in [5.74, 6) is 0. The van der Waals surface area contributed by atoms with Crippen molar-refractivity contribution in [3.05, 3.63) is 78.5 Å². The number of nitrogens with zero attached hydrogens (tertiary/aromatic N) is 1. The Hall–Kier alpha value is -3.21. The molecule has 0 aliphatic carbocycles. The molecule has 0 fully saturated rings. The van der Waals surface area contributed by atoms with E-state index in [0.717, 1.165) is 38.8 Å². The van der Waals surface area contributed by atoms with E-state index in [0.29, 0.717) is 0 Å². The molecule has 1 N–H and O–H groups in total. The molecule has 5 heteroatoms. The molecule has 0 amide bonds. The van der Waals surface area contributed by atoms with Crippen LogP contribution < -0.4 is 0 Å². The number of alkyl halides is 3. The topological polar surface area (TPSA) is 20.7 Å². The second kappa shape index (κ2) is 5.14. The van der Waals surface area contributed by atoms with E-state index in [4.69, 9.17) is 0 Å². The molecule has 5 aromatic rings. The van der Waals surface area contributed by atoms with E-state index in [9.17, 15) is 13.2 Å². The van der Waals surface area contributed by atoms with E-state index in [2.05, 4.69) is 4.98 Å². The number of halogens is 3. The number of H-pyrrole nitrogens is 1. The number of aromatic amines is 1. The van der Waals surface area contributed by atoms with Crippen LogP contribution in [-0.2, 0) is 6.18 Å². The third-order valence-electron chi connectivity index (χ3n) is 4.82. The minimum Gasteiger partial charge on any atom is -0.354 e. The van der Waals surface area contributed by atoms with Crippen molar-refractivity contribution >= 4 is 32.7 Å². The van der Waals surface area contributed by atoms with Gasteiger partial charge in [-0.25, -0.2) is 0 Å². The molecule has 26 heavy (non-hydrogen) atoms. The number of para-hydroxylation sites is 2. The van der Waals surface area contributed by atoms with Crippen LogP contribution >= 0.6 is 0 Å². The lowest BCUT2D eigenvalue weighted by Crippen LogP contribution is -2.10. The van der Waals surface area contributed by atoms with Crippen LogP contribution in [0.1, 0.15) is 5.56 Å². The maximum atomic E-state index is 13.4. The van der Waals surface area contributed by atoms with Gasteiger partial charge in [0.25, 0.3) is 0 Å². The summed E-state index contributed by atoms with van der Waals surface area (Å²) >= 11 is 0. The largest absolute Gasteiger partial charge is 0.418 e. The second-order valence-electron chi connectivity index (χ2n) is 6.29. The lowest BCUT2D eigenvalue weighted by atomic mass is 10.1. The molecule has 128 valence electrons. The summed E-state index contributed by atoms with van der Waals surface area (Å²) < 4.78 is 41.8. The Kier molecular flexibility index (Phi) is 2.98. The maximum Gasteiger partial charge on any atom is 0.418 e. The van der Waals surface area contributed by atoms with Gasteiger partial charge in [-0.05, 0) is 30.3 Å². The molecule has 0 aliphatic heterocycles. The van der Waals surface area contributed by atoms with E-state index in [1.54, 1.807) is 16.8 Å². The normalized spacial score (nSPS) is 12.4. The SMILES string of the molecule is FC(F)(F)c1ccccc1-n1ccc2c3[nH]c4ccccc4c3ccc21. The number of hydrogen-bond acceptors (Lipinski definition) is 0. The van der Waals surface area contributed by atoms with E-state index < -0.39 is 11.7 Å². The Morgan fingerprint density at radius 2 is 1.50 bits per heavy atom. The van der Waals surface area contributed by atoms with Crippen molar-refractivity contribution in [1.82, 2.24) is 9.55 Å². The standard InChI is InChI=1S/C21H13F3N2/c22-21(23,24)16-6-2-4-8-19(16)26-12-11-15-18(26)10-9-14-13-5-1-3-7-17(13)25-20(14)15/h1-12,25H. The molecule has 0 aliphatic rings. The quantitative estimate of drug-likeness (QED) is 0.367. The molecular weight excluding hydrogens is 337 g/mol. The highest BCUT2D eigenvalue weighted by atomic mass is 19.4. The van der Waals surface area contributed by atoms with Crippen LogP contribution in [0, 0.1) is 0 Å². The zero-order valence-electron chi connectivity index (χ0n) is 13.5. The summed E-state index contributed by atoms with van der Waals surface area (Å²) in [5, 5.41) is 3.07. The lowest BCUT2D eigenvalue weighted by Gasteiger charge is -2.14. The van der Waals surface area contributed by atoms with Gasteiger partial charge in [-0.2, -0.15) is 13.2 Å². The molecule has 0 radical (unpaired) electrons. The molecule has 0 bridgehead atoms. The van der Waals surface area contributed by atoms with Crippen molar-refractivity contribution in [2.75, 3.05) is 0 Å². The summed E-state index contributed by atoms with van der Waals surface area (Å²) in [4.78, 5) is 3.40. The van der Waals surface area contributed by atoms with Gasteiger partial charge in [0, 0.05) is 27.9 Å². The van der Waals surface area contributed by atoms with Gasteiger partial charge in [0.2, 0.25) is 0 Å². The van der Waals surface area contributed by atoms with Crippen molar-refractivity contribution in [2.24, 2.45) is 0 Å². The highest BCUT2D eigenvalue weighted by molar-refractivity contribution is 6.16. The summed E-state index contributed by atoms with van der Waals surface area (Å²) in [5.41, 5.74) is 2.17. The number of fused-ring (bicyclic) bond motifs is 5. The number of benzene rings is 3. The van der Waals surface area contributed by atoms with E-state index in [-0.39, 0.29) is 5.69 Å². The molecule has 0 saturated heterocycles. The Labute approximate surface area is 146 Å². The van der Waals surface area contributed by atoms with Crippen LogP contribution in [0.25, 0.3) is 38.4 Å². The Morgan fingerprint density at radius 3 is 2.35 bits per heavy atom. The molecule has 2 heterocycles. The molecule has 0 saturated carbocycles. The molecule has 3 aromatic carbocycles. The van der Waals surface area contributed by atoms with Gasteiger partial charge in [-0.15, -0.1) is 0 Å². The predicted molar refractivity (Wildman–Crippen MR) is 97.6 cm³/mol. The fourth-order valence-corrected chi connectivity index (χ4v) is 3.67. The van der Waals surface area contributed by atoms with Gasteiger partial charge in [-0.1, -0.05) is 36.4 Å². The molecule has 0 atom stereocenters. The average Bonchev–Trinajstić information content (AvgIpc) is 3.22. The van der Waals surface area contributed by atoms with Gasteiger partial charge in [0.15, 0.2) is 0 Å². The van der Waals surface area contributed by atoms with Gasteiger partial charge in [0.05, 0.1) is 22.3 Å². The zero-order valence-corrected chi connectivity index (χ0v) is 13.5. The number of aromatic nitrogens is 2. The molecule has 2 aromatic heterocycles. The third-order valence-corrected chi connectivity index (χ3v) is 4.82. The Morgan fingerprint density at radius 1 is 0.731 bits per heavy atom. The van der Waals surface area contributed by atoms with Crippen LogP contribution in [0.2, 0.25) is 0 Å². The first-order chi connectivity index (χ1) is 12.5. The van der Waals surface area contributed by atoms with Crippen molar-refractivity contribution in [1.29, 1.82) is 0 Å².